The first-order chi connectivity index (χ1) is 13.7. The standard InChI is InChI=1S/C22H26ClN3O2/c1-3-28-20-12-16(11-18(23)22(20)27-2)21-17-14-26(10-9-19(17)24-25-21)13-15-7-5-4-6-8-15/h4-8,11-12,17,21,25H,3,9-10,13-14H2,1-2H3. The van der Waals surface area contributed by atoms with Gasteiger partial charge in [0, 0.05) is 37.7 Å². The maximum absolute atomic E-state index is 6.48. The average molecular weight is 400 g/mol. The molecule has 2 aliphatic heterocycles. The van der Waals surface area contributed by atoms with Crippen molar-refractivity contribution in [2.45, 2.75) is 25.9 Å². The molecule has 1 fully saturated rings. The van der Waals surface area contributed by atoms with Crippen molar-refractivity contribution in [3.05, 3.63) is 58.6 Å². The smallest absolute Gasteiger partial charge is 0.179 e. The van der Waals surface area contributed by atoms with Crippen molar-refractivity contribution < 1.29 is 9.47 Å². The molecular formula is C22H26ClN3O2. The summed E-state index contributed by atoms with van der Waals surface area (Å²) >= 11 is 6.48. The summed E-state index contributed by atoms with van der Waals surface area (Å²) in [5.74, 6) is 1.59. The molecule has 0 bridgehead atoms. The summed E-state index contributed by atoms with van der Waals surface area (Å²) in [6.45, 7) is 5.48. The van der Waals surface area contributed by atoms with Crippen molar-refractivity contribution in [2.24, 2.45) is 11.0 Å². The number of hydrogen-bond donors (Lipinski definition) is 1. The van der Waals surface area contributed by atoms with Crippen molar-refractivity contribution in [1.82, 2.24) is 10.3 Å². The number of nitrogens with zero attached hydrogens (tertiary/aromatic N) is 2. The van der Waals surface area contributed by atoms with Crippen LogP contribution in [0.4, 0.5) is 0 Å². The molecule has 0 spiro atoms. The van der Waals surface area contributed by atoms with E-state index in [1.54, 1.807) is 7.11 Å². The maximum atomic E-state index is 6.48. The van der Waals surface area contributed by atoms with Crippen LogP contribution < -0.4 is 14.9 Å². The largest absolute Gasteiger partial charge is 0.491 e. The van der Waals surface area contributed by atoms with E-state index in [1.165, 1.54) is 11.3 Å². The third-order valence-corrected chi connectivity index (χ3v) is 5.74. The summed E-state index contributed by atoms with van der Waals surface area (Å²) in [5, 5.41) is 5.20. The van der Waals surface area contributed by atoms with E-state index < -0.39 is 0 Å². The van der Waals surface area contributed by atoms with Gasteiger partial charge in [-0.1, -0.05) is 41.9 Å². The fourth-order valence-electron chi connectivity index (χ4n) is 4.13. The Morgan fingerprint density at radius 1 is 1.25 bits per heavy atom. The van der Waals surface area contributed by atoms with Crippen LogP contribution in [-0.2, 0) is 6.54 Å². The topological polar surface area (TPSA) is 46.1 Å². The number of likely N-dealkylation sites (tertiary alicyclic amines) is 1. The number of rotatable bonds is 6. The Bertz CT molecular complexity index is 856. The maximum Gasteiger partial charge on any atom is 0.179 e. The van der Waals surface area contributed by atoms with E-state index in [4.69, 9.17) is 21.1 Å². The van der Waals surface area contributed by atoms with Crippen LogP contribution in [0.2, 0.25) is 5.02 Å². The van der Waals surface area contributed by atoms with Crippen LogP contribution in [0, 0.1) is 5.92 Å². The summed E-state index contributed by atoms with van der Waals surface area (Å²) in [6, 6.07) is 14.7. The van der Waals surface area contributed by atoms with E-state index >= 15 is 0 Å². The summed E-state index contributed by atoms with van der Waals surface area (Å²) in [7, 11) is 1.61. The molecule has 0 aromatic heterocycles. The minimum atomic E-state index is 0.0937. The van der Waals surface area contributed by atoms with Gasteiger partial charge >= 0.3 is 0 Å². The summed E-state index contributed by atoms with van der Waals surface area (Å²) in [6.07, 6.45) is 0.989. The van der Waals surface area contributed by atoms with E-state index in [0.29, 0.717) is 29.0 Å². The quantitative estimate of drug-likeness (QED) is 0.787. The molecule has 2 unspecified atom stereocenters. The molecule has 2 aromatic rings. The first-order valence-electron chi connectivity index (χ1n) is 9.78. The lowest BCUT2D eigenvalue weighted by Gasteiger charge is -2.33. The monoisotopic (exact) mass is 399 g/mol. The molecular weight excluding hydrogens is 374 g/mol. The highest BCUT2D eigenvalue weighted by Gasteiger charge is 2.37. The number of hydrogen-bond acceptors (Lipinski definition) is 5. The highest BCUT2D eigenvalue weighted by Crippen LogP contribution is 2.41. The Morgan fingerprint density at radius 3 is 2.82 bits per heavy atom. The van der Waals surface area contributed by atoms with Crippen LogP contribution in [0.25, 0.3) is 0 Å². The van der Waals surface area contributed by atoms with Gasteiger partial charge < -0.3 is 14.9 Å². The molecule has 5 nitrogen and oxygen atoms in total. The molecule has 0 aliphatic carbocycles. The lowest BCUT2D eigenvalue weighted by atomic mass is 9.86. The Kier molecular flexibility index (Phi) is 5.74. The molecule has 148 valence electrons. The van der Waals surface area contributed by atoms with Crippen molar-refractivity contribution >= 4 is 17.3 Å². The number of piperidine rings is 1. The Morgan fingerprint density at radius 2 is 2.07 bits per heavy atom. The van der Waals surface area contributed by atoms with Crippen LogP contribution in [0.1, 0.15) is 30.5 Å². The zero-order valence-corrected chi connectivity index (χ0v) is 17.1. The molecule has 2 aliphatic rings. The van der Waals surface area contributed by atoms with Gasteiger partial charge in [0.25, 0.3) is 0 Å². The van der Waals surface area contributed by atoms with E-state index in [-0.39, 0.29) is 6.04 Å². The van der Waals surface area contributed by atoms with Gasteiger partial charge in [-0.05, 0) is 30.2 Å². The van der Waals surface area contributed by atoms with Gasteiger partial charge in [-0.15, -0.1) is 0 Å². The van der Waals surface area contributed by atoms with Gasteiger partial charge in [-0.3, -0.25) is 4.90 Å². The predicted octanol–water partition coefficient (Wildman–Crippen LogP) is 4.27. The normalized spacial score (nSPS) is 21.6. The minimum absolute atomic E-state index is 0.0937. The summed E-state index contributed by atoms with van der Waals surface area (Å²) in [4.78, 5) is 2.51. The highest BCUT2D eigenvalue weighted by atomic mass is 35.5. The Labute approximate surface area is 171 Å². The summed E-state index contributed by atoms with van der Waals surface area (Å²) in [5.41, 5.74) is 7.02. The van der Waals surface area contributed by atoms with Gasteiger partial charge in [0.1, 0.15) is 0 Å². The molecule has 28 heavy (non-hydrogen) atoms. The second kappa shape index (κ2) is 8.41. The van der Waals surface area contributed by atoms with Crippen molar-refractivity contribution in [3.8, 4) is 11.5 Å². The van der Waals surface area contributed by atoms with Crippen LogP contribution in [-0.4, -0.2) is 37.4 Å². The SMILES string of the molecule is CCOc1cc(C2NN=C3CCN(Cc4ccccc4)CC32)cc(Cl)c1OC. The van der Waals surface area contributed by atoms with Crippen molar-refractivity contribution in [1.29, 1.82) is 0 Å². The van der Waals surface area contributed by atoms with Gasteiger partial charge in [0.2, 0.25) is 0 Å². The lowest BCUT2D eigenvalue weighted by molar-refractivity contribution is 0.220. The molecule has 2 atom stereocenters. The van der Waals surface area contributed by atoms with Crippen molar-refractivity contribution in [2.75, 3.05) is 26.8 Å². The average Bonchev–Trinajstić information content (AvgIpc) is 3.12. The fourth-order valence-corrected chi connectivity index (χ4v) is 4.43. The van der Waals surface area contributed by atoms with Gasteiger partial charge in [-0.25, -0.2) is 0 Å². The van der Waals surface area contributed by atoms with E-state index in [0.717, 1.165) is 31.6 Å². The molecule has 4 rings (SSSR count). The molecule has 1 saturated heterocycles. The molecule has 6 heteroatoms. The number of hydrazone groups is 1. The zero-order valence-electron chi connectivity index (χ0n) is 16.3. The predicted molar refractivity (Wildman–Crippen MR) is 112 cm³/mol. The van der Waals surface area contributed by atoms with Crippen LogP contribution in [0.3, 0.4) is 0 Å². The van der Waals surface area contributed by atoms with E-state index in [1.807, 2.05) is 19.1 Å². The lowest BCUT2D eigenvalue weighted by Crippen LogP contribution is -2.41. The first kappa shape index (κ1) is 19.1. The molecule has 1 N–H and O–H groups in total. The molecule has 0 radical (unpaired) electrons. The number of fused-ring (bicyclic) bond motifs is 1. The molecule has 0 saturated carbocycles. The second-order valence-electron chi connectivity index (χ2n) is 7.25. The zero-order chi connectivity index (χ0) is 19.5. The number of benzene rings is 2. The van der Waals surface area contributed by atoms with Gasteiger partial charge in [-0.2, -0.15) is 5.10 Å². The first-order valence-corrected chi connectivity index (χ1v) is 10.2. The summed E-state index contributed by atoms with van der Waals surface area (Å²) < 4.78 is 11.2. The van der Waals surface area contributed by atoms with Gasteiger partial charge in [0.05, 0.1) is 24.8 Å². The third kappa shape index (κ3) is 3.82. The molecule has 2 heterocycles. The number of halogens is 1. The fraction of sp³-hybridized carbons (Fsp3) is 0.409. The number of ether oxygens (including phenoxy) is 2. The van der Waals surface area contributed by atoms with Crippen molar-refractivity contribution in [3.63, 3.8) is 0 Å². The highest BCUT2D eigenvalue weighted by molar-refractivity contribution is 6.32. The van der Waals surface area contributed by atoms with Crippen LogP contribution in [0.15, 0.2) is 47.6 Å². The van der Waals surface area contributed by atoms with Crippen LogP contribution in [0.5, 0.6) is 11.5 Å². The van der Waals surface area contributed by atoms with E-state index in [2.05, 4.69) is 45.8 Å². The van der Waals surface area contributed by atoms with Gasteiger partial charge in [0.15, 0.2) is 11.5 Å². The second-order valence-corrected chi connectivity index (χ2v) is 7.66. The Balaban J connectivity index is 1.55. The number of nitrogens with one attached hydrogen (secondary N) is 1. The van der Waals surface area contributed by atoms with E-state index in [9.17, 15) is 0 Å². The van der Waals surface area contributed by atoms with Crippen LogP contribution >= 0.6 is 11.6 Å². The third-order valence-electron chi connectivity index (χ3n) is 5.46. The Hall–Kier alpha value is -2.24. The molecule has 0 amide bonds. The minimum Gasteiger partial charge on any atom is -0.491 e. The number of methoxy groups -OCH3 is 1. The molecule has 2 aromatic carbocycles.